The van der Waals surface area contributed by atoms with Gasteiger partial charge >= 0.3 is 0 Å². The zero-order valence-electron chi connectivity index (χ0n) is 13.8. The number of nitrogens with two attached hydrogens (primary N) is 1. The average molecular weight is 289 g/mol. The van der Waals surface area contributed by atoms with Crippen LogP contribution in [0.5, 0.6) is 0 Å². The number of hydrogen-bond donors (Lipinski definition) is 1. The molecule has 0 aliphatic heterocycles. The van der Waals surface area contributed by atoms with E-state index in [9.17, 15) is 0 Å². The van der Waals surface area contributed by atoms with Crippen LogP contribution in [-0.4, -0.2) is 28.5 Å². The molecule has 1 aromatic heterocycles. The van der Waals surface area contributed by atoms with Crippen molar-refractivity contribution >= 4 is 0 Å². The Balaban J connectivity index is 2.21. The van der Waals surface area contributed by atoms with E-state index in [4.69, 9.17) is 5.73 Å². The Morgan fingerprint density at radius 2 is 1.81 bits per heavy atom. The lowest BCUT2D eigenvalue weighted by molar-refractivity contribution is 0.112. The third kappa shape index (κ3) is 4.52. The summed E-state index contributed by atoms with van der Waals surface area (Å²) in [6.07, 6.45) is 10.4. The summed E-state index contributed by atoms with van der Waals surface area (Å²) in [6, 6.07) is 5.42. The van der Waals surface area contributed by atoms with Gasteiger partial charge in [-0.25, -0.2) is 0 Å². The van der Waals surface area contributed by atoms with Gasteiger partial charge in [-0.1, -0.05) is 26.7 Å². The highest BCUT2D eigenvalue weighted by Crippen LogP contribution is 2.33. The summed E-state index contributed by atoms with van der Waals surface area (Å²) in [5, 5.41) is 0. The first kappa shape index (κ1) is 16.4. The molecule has 21 heavy (non-hydrogen) atoms. The van der Waals surface area contributed by atoms with E-state index in [2.05, 4.69) is 42.8 Å². The van der Waals surface area contributed by atoms with E-state index >= 15 is 0 Å². The monoisotopic (exact) mass is 289 g/mol. The maximum absolute atomic E-state index is 6.38. The maximum Gasteiger partial charge on any atom is 0.0500 e. The topological polar surface area (TPSA) is 42.2 Å². The molecular formula is C18H31N3. The number of rotatable bonds is 7. The Morgan fingerprint density at radius 3 is 2.33 bits per heavy atom. The second-order valence-corrected chi connectivity index (χ2v) is 6.94. The van der Waals surface area contributed by atoms with E-state index in [1.807, 2.05) is 12.4 Å². The van der Waals surface area contributed by atoms with Gasteiger partial charge in [0.25, 0.3) is 0 Å². The second-order valence-electron chi connectivity index (χ2n) is 6.94. The van der Waals surface area contributed by atoms with Crippen molar-refractivity contribution < 1.29 is 0 Å². The van der Waals surface area contributed by atoms with Crippen molar-refractivity contribution in [3.8, 4) is 0 Å². The summed E-state index contributed by atoms with van der Waals surface area (Å²) in [5.74, 6) is 0.736. The minimum Gasteiger partial charge on any atom is -0.326 e. The molecule has 0 saturated heterocycles. The quantitative estimate of drug-likeness (QED) is 0.831. The molecule has 2 rings (SSSR count). The molecule has 2 N–H and O–H groups in total. The lowest BCUT2D eigenvalue weighted by atomic mass is 9.96. The summed E-state index contributed by atoms with van der Waals surface area (Å²) in [7, 11) is 0. The molecule has 1 heterocycles. The highest BCUT2D eigenvalue weighted by Gasteiger charge is 2.31. The van der Waals surface area contributed by atoms with Gasteiger partial charge in [-0.2, -0.15) is 0 Å². The number of nitrogens with zero attached hydrogens (tertiary/aromatic N) is 2. The molecule has 118 valence electrons. The molecular weight excluding hydrogens is 258 g/mol. The van der Waals surface area contributed by atoms with Crippen LogP contribution < -0.4 is 5.73 Å². The molecule has 2 atom stereocenters. The molecule has 0 spiro atoms. The average Bonchev–Trinajstić information content (AvgIpc) is 2.97. The summed E-state index contributed by atoms with van der Waals surface area (Å²) in [4.78, 5) is 6.85. The van der Waals surface area contributed by atoms with Gasteiger partial charge in [0.2, 0.25) is 0 Å². The third-order valence-corrected chi connectivity index (χ3v) is 4.66. The Morgan fingerprint density at radius 1 is 1.19 bits per heavy atom. The summed E-state index contributed by atoms with van der Waals surface area (Å²) >= 11 is 0. The highest BCUT2D eigenvalue weighted by atomic mass is 15.2. The van der Waals surface area contributed by atoms with Crippen LogP contribution in [0.25, 0.3) is 0 Å². The minimum absolute atomic E-state index is 0.139. The first-order valence-electron chi connectivity index (χ1n) is 8.51. The Bertz CT molecular complexity index is 396. The van der Waals surface area contributed by atoms with Gasteiger partial charge in [-0.05, 0) is 56.3 Å². The molecule has 1 aliphatic carbocycles. The van der Waals surface area contributed by atoms with Crippen LogP contribution in [-0.2, 0) is 0 Å². The molecule has 3 nitrogen and oxygen atoms in total. The van der Waals surface area contributed by atoms with Crippen molar-refractivity contribution in [3.05, 3.63) is 30.1 Å². The minimum atomic E-state index is 0.139. The Hall–Kier alpha value is -0.930. The van der Waals surface area contributed by atoms with E-state index in [-0.39, 0.29) is 6.04 Å². The van der Waals surface area contributed by atoms with Crippen molar-refractivity contribution in [2.24, 2.45) is 11.7 Å². The maximum atomic E-state index is 6.38. The highest BCUT2D eigenvalue weighted by molar-refractivity contribution is 5.17. The van der Waals surface area contributed by atoms with Crippen LogP contribution in [0.2, 0.25) is 0 Å². The zero-order chi connectivity index (χ0) is 15.2. The van der Waals surface area contributed by atoms with Crippen molar-refractivity contribution in [2.75, 3.05) is 6.54 Å². The molecule has 0 radical (unpaired) electrons. The van der Waals surface area contributed by atoms with Crippen LogP contribution in [0.4, 0.5) is 0 Å². The van der Waals surface area contributed by atoms with Gasteiger partial charge in [0.15, 0.2) is 0 Å². The molecule has 0 bridgehead atoms. The smallest absolute Gasteiger partial charge is 0.0500 e. The Kier molecular flexibility index (Phi) is 6.19. The number of aromatic nitrogens is 1. The van der Waals surface area contributed by atoms with Crippen LogP contribution >= 0.6 is 0 Å². The van der Waals surface area contributed by atoms with E-state index in [1.165, 1.54) is 37.7 Å². The largest absolute Gasteiger partial charge is 0.326 e. The summed E-state index contributed by atoms with van der Waals surface area (Å²) in [6.45, 7) is 7.90. The molecule has 1 saturated carbocycles. The second kappa shape index (κ2) is 7.90. The summed E-state index contributed by atoms with van der Waals surface area (Å²) < 4.78 is 0. The fourth-order valence-electron chi connectivity index (χ4n) is 3.55. The first-order chi connectivity index (χ1) is 10.1. The van der Waals surface area contributed by atoms with Crippen LogP contribution in [0, 0.1) is 5.92 Å². The standard InChI is InChI=1S/C18H31N3/c1-14(2)10-13-21(17-6-4-5-7-17)18(15(3)19)16-8-11-20-12-9-16/h8-9,11-12,14-15,17-18H,4-7,10,13,19H2,1-3H3. The molecule has 1 aliphatic rings. The van der Waals surface area contributed by atoms with Gasteiger partial charge < -0.3 is 5.73 Å². The Labute approximate surface area is 129 Å². The normalized spacial score (nSPS) is 19.3. The predicted octanol–water partition coefficient (Wildman–Crippen LogP) is 3.76. The van der Waals surface area contributed by atoms with Crippen molar-refractivity contribution in [3.63, 3.8) is 0 Å². The lowest BCUT2D eigenvalue weighted by Crippen LogP contribution is -2.45. The van der Waals surface area contributed by atoms with Crippen molar-refractivity contribution in [1.29, 1.82) is 0 Å². The van der Waals surface area contributed by atoms with Gasteiger partial charge in [-0.15, -0.1) is 0 Å². The summed E-state index contributed by atoms with van der Waals surface area (Å²) in [5.41, 5.74) is 7.70. The van der Waals surface area contributed by atoms with Crippen LogP contribution in [0.3, 0.4) is 0 Å². The first-order valence-corrected chi connectivity index (χ1v) is 8.51. The molecule has 3 heteroatoms. The predicted molar refractivity (Wildman–Crippen MR) is 89.0 cm³/mol. The van der Waals surface area contributed by atoms with Crippen LogP contribution in [0.15, 0.2) is 24.5 Å². The van der Waals surface area contributed by atoms with Crippen LogP contribution in [0.1, 0.15) is 64.5 Å². The molecule has 1 fully saturated rings. The van der Waals surface area contributed by atoms with Gasteiger partial charge in [-0.3, -0.25) is 9.88 Å². The van der Waals surface area contributed by atoms with E-state index in [1.54, 1.807) is 0 Å². The van der Waals surface area contributed by atoms with Gasteiger partial charge in [0, 0.05) is 24.5 Å². The zero-order valence-corrected chi connectivity index (χ0v) is 13.8. The number of hydrogen-bond acceptors (Lipinski definition) is 3. The third-order valence-electron chi connectivity index (χ3n) is 4.66. The lowest BCUT2D eigenvalue weighted by Gasteiger charge is -2.39. The molecule has 1 aromatic rings. The number of pyridine rings is 1. The van der Waals surface area contributed by atoms with Crippen molar-refractivity contribution in [1.82, 2.24) is 9.88 Å². The molecule has 0 amide bonds. The van der Waals surface area contributed by atoms with E-state index in [0.717, 1.165) is 12.5 Å². The van der Waals surface area contributed by atoms with Crippen molar-refractivity contribution in [2.45, 2.75) is 71.0 Å². The van der Waals surface area contributed by atoms with Gasteiger partial charge in [0.1, 0.15) is 0 Å². The van der Waals surface area contributed by atoms with E-state index < -0.39 is 0 Å². The molecule has 0 aromatic carbocycles. The van der Waals surface area contributed by atoms with E-state index in [0.29, 0.717) is 12.1 Å². The molecule has 2 unspecified atom stereocenters. The fraction of sp³-hybridized carbons (Fsp3) is 0.722. The SMILES string of the molecule is CC(C)CCN(C1CCCC1)C(c1ccncc1)C(C)N. The fourth-order valence-corrected chi connectivity index (χ4v) is 3.55. The van der Waals surface area contributed by atoms with Gasteiger partial charge in [0.05, 0.1) is 6.04 Å².